The third kappa shape index (κ3) is 5.64. The van der Waals surface area contributed by atoms with E-state index in [1.807, 2.05) is 35.2 Å². The van der Waals surface area contributed by atoms with Gasteiger partial charge in [-0.25, -0.2) is 4.31 Å². The van der Waals surface area contributed by atoms with Crippen LogP contribution in [-0.4, -0.2) is 41.5 Å². The summed E-state index contributed by atoms with van der Waals surface area (Å²) in [5.74, 6) is 0.423. The zero-order valence-electron chi connectivity index (χ0n) is 17.9. The van der Waals surface area contributed by atoms with Crippen molar-refractivity contribution in [1.29, 1.82) is 0 Å². The molecule has 2 aromatic rings. The SMILES string of the molecule is CCCCN1C(=O)CSc2ccc(C(=O)Nc3ccc(SN4CCCCC4)cc3)cc21. The first-order valence-electron chi connectivity index (χ1n) is 11.1. The summed E-state index contributed by atoms with van der Waals surface area (Å²) in [6, 6.07) is 13.7. The third-order valence-electron chi connectivity index (χ3n) is 5.56. The number of carbonyl (C=O) groups is 2. The Morgan fingerprint density at radius 1 is 1.10 bits per heavy atom. The van der Waals surface area contributed by atoms with Crippen LogP contribution in [0.4, 0.5) is 11.4 Å². The highest BCUT2D eigenvalue weighted by Crippen LogP contribution is 2.36. The van der Waals surface area contributed by atoms with E-state index in [1.54, 1.807) is 23.7 Å². The maximum Gasteiger partial charge on any atom is 0.255 e. The molecule has 1 fully saturated rings. The van der Waals surface area contributed by atoms with Gasteiger partial charge in [-0.1, -0.05) is 19.8 Å². The lowest BCUT2D eigenvalue weighted by molar-refractivity contribution is -0.116. The fourth-order valence-electron chi connectivity index (χ4n) is 3.81. The number of hydrogen-bond donors (Lipinski definition) is 1. The molecule has 7 heteroatoms. The topological polar surface area (TPSA) is 52.7 Å². The van der Waals surface area contributed by atoms with Crippen molar-refractivity contribution in [3.63, 3.8) is 0 Å². The molecule has 2 aromatic carbocycles. The van der Waals surface area contributed by atoms with E-state index >= 15 is 0 Å². The summed E-state index contributed by atoms with van der Waals surface area (Å²) in [7, 11) is 0. The summed E-state index contributed by atoms with van der Waals surface area (Å²) in [6.07, 6.45) is 5.84. The van der Waals surface area contributed by atoms with Crippen molar-refractivity contribution in [2.75, 3.05) is 35.6 Å². The molecule has 2 aliphatic rings. The molecule has 0 spiro atoms. The number of anilines is 2. The lowest BCUT2D eigenvalue weighted by Gasteiger charge is -2.29. The van der Waals surface area contributed by atoms with Gasteiger partial charge in [-0.05, 0) is 73.7 Å². The van der Waals surface area contributed by atoms with Crippen LogP contribution in [0.3, 0.4) is 0 Å². The van der Waals surface area contributed by atoms with Gasteiger partial charge in [0.1, 0.15) is 0 Å². The number of thioether (sulfide) groups is 1. The Balaban J connectivity index is 1.42. The zero-order chi connectivity index (χ0) is 21.6. The number of rotatable bonds is 7. The molecule has 164 valence electrons. The van der Waals surface area contributed by atoms with Gasteiger partial charge in [-0.3, -0.25) is 9.59 Å². The fraction of sp³-hybridized carbons (Fsp3) is 0.417. The second-order valence-electron chi connectivity index (χ2n) is 7.93. The lowest BCUT2D eigenvalue weighted by Crippen LogP contribution is -2.36. The molecule has 0 bridgehead atoms. The molecule has 0 radical (unpaired) electrons. The number of carbonyl (C=O) groups excluding carboxylic acids is 2. The van der Waals surface area contributed by atoms with Crippen LogP contribution in [0.5, 0.6) is 0 Å². The molecular formula is C24H29N3O2S2. The van der Waals surface area contributed by atoms with Crippen LogP contribution in [0.2, 0.25) is 0 Å². The van der Waals surface area contributed by atoms with Crippen molar-refractivity contribution in [3.05, 3.63) is 48.0 Å². The van der Waals surface area contributed by atoms with Gasteiger partial charge in [-0.2, -0.15) is 0 Å². The van der Waals surface area contributed by atoms with Crippen molar-refractivity contribution in [2.24, 2.45) is 0 Å². The molecule has 1 saturated heterocycles. The van der Waals surface area contributed by atoms with E-state index in [4.69, 9.17) is 0 Å². The summed E-state index contributed by atoms with van der Waals surface area (Å²) in [6.45, 7) is 5.09. The molecule has 2 amide bonds. The van der Waals surface area contributed by atoms with E-state index in [-0.39, 0.29) is 11.8 Å². The predicted molar refractivity (Wildman–Crippen MR) is 130 cm³/mol. The van der Waals surface area contributed by atoms with Crippen LogP contribution in [0, 0.1) is 0 Å². The Morgan fingerprint density at radius 2 is 1.87 bits per heavy atom. The number of amides is 2. The third-order valence-corrected chi connectivity index (χ3v) is 7.71. The number of unbranched alkanes of at least 4 members (excludes halogenated alkanes) is 1. The van der Waals surface area contributed by atoms with E-state index in [0.717, 1.165) is 42.2 Å². The maximum atomic E-state index is 12.9. The van der Waals surface area contributed by atoms with E-state index in [0.29, 0.717) is 17.9 Å². The minimum absolute atomic E-state index is 0.116. The number of benzene rings is 2. The summed E-state index contributed by atoms with van der Waals surface area (Å²) in [4.78, 5) is 29.4. The molecule has 2 heterocycles. The van der Waals surface area contributed by atoms with E-state index < -0.39 is 0 Å². The molecule has 5 nitrogen and oxygen atoms in total. The Bertz CT molecular complexity index is 927. The van der Waals surface area contributed by atoms with Crippen molar-refractivity contribution >= 4 is 46.9 Å². The van der Waals surface area contributed by atoms with Crippen LogP contribution in [0.15, 0.2) is 52.3 Å². The van der Waals surface area contributed by atoms with Crippen LogP contribution in [-0.2, 0) is 4.79 Å². The first kappa shape index (κ1) is 22.2. The minimum Gasteiger partial charge on any atom is -0.322 e. The van der Waals surface area contributed by atoms with Gasteiger partial charge in [0.05, 0.1) is 11.4 Å². The smallest absolute Gasteiger partial charge is 0.255 e. The summed E-state index contributed by atoms with van der Waals surface area (Å²) < 4.78 is 2.41. The second kappa shape index (κ2) is 10.6. The predicted octanol–water partition coefficient (Wildman–Crippen LogP) is 5.67. The van der Waals surface area contributed by atoms with Crippen LogP contribution in [0.25, 0.3) is 0 Å². The van der Waals surface area contributed by atoms with Crippen molar-refractivity contribution < 1.29 is 9.59 Å². The van der Waals surface area contributed by atoms with E-state index in [2.05, 4.69) is 28.7 Å². The normalized spacial score (nSPS) is 16.8. The molecule has 31 heavy (non-hydrogen) atoms. The zero-order valence-corrected chi connectivity index (χ0v) is 19.6. The number of hydrogen-bond acceptors (Lipinski definition) is 5. The van der Waals surface area contributed by atoms with Gasteiger partial charge in [0.25, 0.3) is 5.91 Å². The number of fused-ring (bicyclic) bond motifs is 1. The van der Waals surface area contributed by atoms with Gasteiger partial charge in [0.15, 0.2) is 0 Å². The highest BCUT2D eigenvalue weighted by Gasteiger charge is 2.25. The Kier molecular flexibility index (Phi) is 7.58. The Labute approximate surface area is 193 Å². The molecule has 0 aliphatic carbocycles. The Morgan fingerprint density at radius 3 is 2.61 bits per heavy atom. The molecule has 0 saturated carbocycles. The fourth-order valence-corrected chi connectivity index (χ4v) is 5.73. The van der Waals surface area contributed by atoms with Crippen LogP contribution in [0.1, 0.15) is 49.4 Å². The van der Waals surface area contributed by atoms with Crippen molar-refractivity contribution in [2.45, 2.75) is 48.8 Å². The van der Waals surface area contributed by atoms with E-state index in [9.17, 15) is 9.59 Å². The first-order chi connectivity index (χ1) is 15.1. The largest absolute Gasteiger partial charge is 0.322 e. The molecular weight excluding hydrogens is 426 g/mol. The van der Waals surface area contributed by atoms with Gasteiger partial charge in [0.2, 0.25) is 5.91 Å². The Hall–Kier alpha value is -1.96. The van der Waals surface area contributed by atoms with Gasteiger partial charge in [0, 0.05) is 40.7 Å². The molecule has 0 unspecified atom stereocenters. The van der Waals surface area contributed by atoms with Crippen molar-refractivity contribution in [3.8, 4) is 0 Å². The molecule has 0 atom stereocenters. The van der Waals surface area contributed by atoms with Gasteiger partial charge in [-0.15, -0.1) is 11.8 Å². The quantitative estimate of drug-likeness (QED) is 0.545. The molecule has 4 rings (SSSR count). The average Bonchev–Trinajstić information content (AvgIpc) is 2.80. The number of nitrogens with one attached hydrogen (secondary N) is 1. The van der Waals surface area contributed by atoms with E-state index in [1.165, 1.54) is 24.2 Å². The summed E-state index contributed by atoms with van der Waals surface area (Å²) >= 11 is 3.34. The second-order valence-corrected chi connectivity index (χ2v) is 10.1. The maximum absolute atomic E-state index is 12.9. The van der Waals surface area contributed by atoms with Gasteiger partial charge >= 0.3 is 0 Å². The molecule has 2 aliphatic heterocycles. The first-order valence-corrected chi connectivity index (χ1v) is 12.8. The van der Waals surface area contributed by atoms with Crippen LogP contribution >= 0.6 is 23.7 Å². The summed E-state index contributed by atoms with van der Waals surface area (Å²) in [5, 5.41) is 2.99. The molecule has 0 aromatic heterocycles. The lowest BCUT2D eigenvalue weighted by atomic mass is 10.1. The number of nitrogens with zero attached hydrogens (tertiary/aromatic N) is 2. The van der Waals surface area contributed by atoms with Gasteiger partial charge < -0.3 is 10.2 Å². The van der Waals surface area contributed by atoms with Crippen LogP contribution < -0.4 is 10.2 Å². The summed E-state index contributed by atoms with van der Waals surface area (Å²) in [5.41, 5.74) is 2.21. The highest BCUT2D eigenvalue weighted by molar-refractivity contribution is 8.00. The number of piperidine rings is 1. The highest BCUT2D eigenvalue weighted by atomic mass is 32.2. The standard InChI is InChI=1S/C24H29N3O2S2/c1-2-3-15-27-21-16-18(7-12-22(21)30-17-23(27)28)24(29)25-19-8-10-20(11-9-19)31-26-13-5-4-6-14-26/h7-12,16H,2-6,13-15,17H2,1H3,(H,25,29). The minimum atomic E-state index is -0.155. The molecule has 1 N–H and O–H groups in total. The monoisotopic (exact) mass is 455 g/mol. The average molecular weight is 456 g/mol. The van der Waals surface area contributed by atoms with Crippen molar-refractivity contribution in [1.82, 2.24) is 4.31 Å².